The van der Waals surface area contributed by atoms with Crippen LogP contribution >= 0.6 is 0 Å². The monoisotopic (exact) mass is 424 g/mol. The molecular weight excluding hydrogens is 404 g/mol. The van der Waals surface area contributed by atoms with Gasteiger partial charge in [0.1, 0.15) is 17.6 Å². The molecule has 0 aliphatic carbocycles. The summed E-state index contributed by atoms with van der Waals surface area (Å²) in [6.07, 6.45) is 3.31. The number of benzene rings is 3. The summed E-state index contributed by atoms with van der Waals surface area (Å²) in [6.45, 7) is 0.363. The number of amides is 1. The second kappa shape index (κ2) is 8.15. The maximum atomic E-state index is 12.1. The van der Waals surface area contributed by atoms with Gasteiger partial charge in [-0.3, -0.25) is 14.6 Å². The zero-order valence-corrected chi connectivity index (χ0v) is 17.2. The average molecular weight is 424 g/mol. The Bertz CT molecular complexity index is 1330. The topological polar surface area (TPSA) is 91.5 Å². The first-order chi connectivity index (χ1) is 15.6. The minimum Gasteiger partial charge on any atom is -0.492 e. The van der Waals surface area contributed by atoms with Crippen LogP contribution in [0, 0.1) is 0 Å². The predicted octanol–water partition coefficient (Wildman–Crippen LogP) is 4.47. The van der Waals surface area contributed by atoms with Crippen molar-refractivity contribution in [3.05, 3.63) is 101 Å². The van der Waals surface area contributed by atoms with Crippen molar-refractivity contribution in [3.63, 3.8) is 0 Å². The van der Waals surface area contributed by atoms with Crippen molar-refractivity contribution >= 4 is 22.5 Å². The Labute approximate surface area is 184 Å². The third-order valence-electron chi connectivity index (χ3n) is 5.61. The quantitative estimate of drug-likeness (QED) is 0.510. The van der Waals surface area contributed by atoms with E-state index in [9.17, 15) is 9.59 Å². The maximum absolute atomic E-state index is 12.1. The summed E-state index contributed by atoms with van der Waals surface area (Å²) in [5, 5.41) is 1.63. The van der Waals surface area contributed by atoms with E-state index in [1.54, 1.807) is 36.7 Å². The van der Waals surface area contributed by atoms with Gasteiger partial charge in [-0.1, -0.05) is 30.3 Å². The zero-order chi connectivity index (χ0) is 22.1. The number of Topliss-reactive ketones (excluding diaryl/α,β-unsaturated/α-hetero) is 1. The normalized spacial score (nSPS) is 13.8. The van der Waals surface area contributed by atoms with Crippen LogP contribution in [-0.4, -0.2) is 23.3 Å². The van der Waals surface area contributed by atoms with Crippen molar-refractivity contribution < 1.29 is 19.1 Å². The molecule has 0 unspecified atom stereocenters. The lowest BCUT2D eigenvalue weighted by Crippen LogP contribution is -2.16. The van der Waals surface area contributed by atoms with E-state index >= 15 is 0 Å². The maximum Gasteiger partial charge on any atom is 0.249 e. The molecule has 2 heterocycles. The fourth-order valence-electron chi connectivity index (χ4n) is 4.07. The largest absolute Gasteiger partial charge is 0.492 e. The van der Waals surface area contributed by atoms with Crippen molar-refractivity contribution in [1.29, 1.82) is 0 Å². The Balaban J connectivity index is 1.63. The smallest absolute Gasteiger partial charge is 0.249 e. The van der Waals surface area contributed by atoms with Gasteiger partial charge in [-0.2, -0.15) is 0 Å². The molecule has 1 atom stereocenters. The molecule has 0 bridgehead atoms. The number of rotatable bonds is 5. The van der Waals surface area contributed by atoms with Crippen LogP contribution in [0.1, 0.15) is 44.4 Å². The number of carbonyl (C=O) groups excluding carboxylic acids is 2. The van der Waals surface area contributed by atoms with Gasteiger partial charge in [0, 0.05) is 36.0 Å². The molecule has 158 valence electrons. The molecule has 0 saturated heterocycles. The van der Waals surface area contributed by atoms with Crippen LogP contribution in [0.2, 0.25) is 0 Å². The number of ketones is 1. The molecule has 1 aliphatic heterocycles. The third kappa shape index (κ3) is 3.56. The van der Waals surface area contributed by atoms with Crippen LogP contribution in [0.4, 0.5) is 0 Å². The number of aromatic nitrogens is 1. The van der Waals surface area contributed by atoms with Crippen LogP contribution in [0.25, 0.3) is 10.8 Å². The molecule has 1 aliphatic rings. The Morgan fingerprint density at radius 2 is 1.78 bits per heavy atom. The number of nitrogens with two attached hydrogens (primary N) is 1. The Hall–Kier alpha value is -4.19. The minimum atomic E-state index is -0.484. The van der Waals surface area contributed by atoms with E-state index in [4.69, 9.17) is 15.2 Å². The van der Waals surface area contributed by atoms with Crippen LogP contribution in [0.3, 0.4) is 0 Å². The summed E-state index contributed by atoms with van der Waals surface area (Å²) < 4.78 is 12.1. The van der Waals surface area contributed by atoms with E-state index in [2.05, 4.69) is 4.98 Å². The molecule has 2 N–H and O–H groups in total. The first kappa shape index (κ1) is 19.8. The van der Waals surface area contributed by atoms with E-state index < -0.39 is 12.0 Å². The van der Waals surface area contributed by atoms with Crippen molar-refractivity contribution in [2.45, 2.75) is 12.5 Å². The molecule has 4 aromatic rings. The Kier molecular flexibility index (Phi) is 5.03. The highest BCUT2D eigenvalue weighted by Gasteiger charge is 2.23. The molecule has 3 aromatic carbocycles. The molecule has 6 heteroatoms. The van der Waals surface area contributed by atoms with Gasteiger partial charge < -0.3 is 15.2 Å². The van der Waals surface area contributed by atoms with Crippen LogP contribution in [0.5, 0.6) is 11.5 Å². The molecule has 0 fully saturated rings. The third-order valence-corrected chi connectivity index (χ3v) is 5.61. The van der Waals surface area contributed by atoms with Gasteiger partial charge in [0.15, 0.2) is 5.78 Å². The first-order valence-corrected chi connectivity index (χ1v) is 10.3. The van der Waals surface area contributed by atoms with Crippen molar-refractivity contribution in [1.82, 2.24) is 4.98 Å². The predicted molar refractivity (Wildman–Crippen MR) is 120 cm³/mol. The Morgan fingerprint density at radius 1 is 1.00 bits per heavy atom. The van der Waals surface area contributed by atoms with Crippen molar-refractivity contribution in [2.24, 2.45) is 5.73 Å². The molecule has 0 spiro atoms. The second-order valence-electron chi connectivity index (χ2n) is 7.57. The lowest BCUT2D eigenvalue weighted by molar-refractivity contribution is 0.0932. The minimum absolute atomic E-state index is 0.0662. The number of nitrogens with zero attached hydrogens (tertiary/aromatic N) is 1. The number of carbonyl (C=O) groups is 2. The van der Waals surface area contributed by atoms with Crippen molar-refractivity contribution in [2.75, 3.05) is 6.61 Å². The van der Waals surface area contributed by atoms with Gasteiger partial charge in [-0.25, -0.2) is 0 Å². The van der Waals surface area contributed by atoms with Gasteiger partial charge in [0.05, 0.1) is 12.2 Å². The lowest BCUT2D eigenvalue weighted by Gasteiger charge is -2.23. The Morgan fingerprint density at radius 3 is 2.56 bits per heavy atom. The molecular formula is C26H20N2O4. The number of hydrogen-bond donors (Lipinski definition) is 1. The van der Waals surface area contributed by atoms with Gasteiger partial charge in [0.2, 0.25) is 5.91 Å². The summed E-state index contributed by atoms with van der Waals surface area (Å²) in [5.41, 5.74) is 8.40. The zero-order valence-electron chi connectivity index (χ0n) is 17.2. The molecule has 1 amide bonds. The van der Waals surface area contributed by atoms with Gasteiger partial charge >= 0.3 is 0 Å². The van der Waals surface area contributed by atoms with E-state index in [1.807, 2.05) is 42.5 Å². The SMILES string of the molecule is NC(=O)c1ccc([C@H](Oc2ccc3c(c2)OCCC3=O)c2ccncc2)c2ccccc12. The van der Waals surface area contributed by atoms with Gasteiger partial charge in [-0.05, 0) is 46.7 Å². The highest BCUT2D eigenvalue weighted by Crippen LogP contribution is 2.36. The number of ether oxygens (including phenoxy) is 2. The van der Waals surface area contributed by atoms with Crippen LogP contribution < -0.4 is 15.2 Å². The van der Waals surface area contributed by atoms with Gasteiger partial charge in [-0.15, -0.1) is 0 Å². The van der Waals surface area contributed by atoms with E-state index in [-0.39, 0.29) is 5.78 Å². The summed E-state index contributed by atoms with van der Waals surface area (Å²) >= 11 is 0. The van der Waals surface area contributed by atoms with Crippen molar-refractivity contribution in [3.8, 4) is 11.5 Å². The highest BCUT2D eigenvalue weighted by molar-refractivity contribution is 6.07. The highest BCUT2D eigenvalue weighted by atomic mass is 16.5. The summed E-state index contributed by atoms with van der Waals surface area (Å²) in [4.78, 5) is 28.2. The molecule has 0 radical (unpaired) electrons. The van der Waals surface area contributed by atoms with E-state index in [0.29, 0.717) is 35.7 Å². The average Bonchev–Trinajstić information content (AvgIpc) is 2.82. The standard InChI is InChI=1S/C26H20N2O4/c27-26(30)21-8-7-20(18-3-1-2-4-19(18)21)25(16-9-12-28-13-10-16)32-17-5-6-22-23(29)11-14-31-24(22)15-17/h1-10,12-13,15,25H,11,14H2,(H2,27,30)/t25-/m1/s1. The molecule has 1 aromatic heterocycles. The van der Waals surface area contributed by atoms with Crippen LogP contribution in [-0.2, 0) is 0 Å². The van der Waals surface area contributed by atoms with E-state index in [1.165, 1.54) is 0 Å². The first-order valence-electron chi connectivity index (χ1n) is 10.3. The molecule has 5 rings (SSSR count). The molecule has 32 heavy (non-hydrogen) atoms. The fourth-order valence-corrected chi connectivity index (χ4v) is 4.07. The number of fused-ring (bicyclic) bond motifs is 2. The molecule has 0 saturated carbocycles. The second-order valence-corrected chi connectivity index (χ2v) is 7.57. The van der Waals surface area contributed by atoms with Crippen LogP contribution in [0.15, 0.2) is 79.1 Å². The summed E-state index contributed by atoms with van der Waals surface area (Å²) in [6, 6.07) is 20.3. The summed E-state index contributed by atoms with van der Waals surface area (Å²) in [7, 11) is 0. The number of pyridine rings is 1. The lowest BCUT2D eigenvalue weighted by atomic mass is 9.93. The fraction of sp³-hybridized carbons (Fsp3) is 0.115. The number of primary amides is 1. The number of hydrogen-bond acceptors (Lipinski definition) is 5. The van der Waals surface area contributed by atoms with E-state index in [0.717, 1.165) is 21.9 Å². The summed E-state index contributed by atoms with van der Waals surface area (Å²) in [5.74, 6) is 0.687. The molecule has 6 nitrogen and oxygen atoms in total. The van der Waals surface area contributed by atoms with Gasteiger partial charge in [0.25, 0.3) is 0 Å².